The molecule has 0 aromatic carbocycles. The number of nitrogens with one attached hydrogen (secondary N) is 1. The molecule has 0 saturated carbocycles. The highest BCUT2D eigenvalue weighted by Gasteiger charge is 2.26. The fraction of sp³-hybridized carbons (Fsp3) is 1.00. The molecule has 2 aliphatic heterocycles. The van der Waals surface area contributed by atoms with Gasteiger partial charge in [0.25, 0.3) is 0 Å². The Bertz CT molecular complexity index is 266. The normalized spacial score (nSPS) is 25.3. The lowest BCUT2D eigenvalue weighted by atomic mass is 9.89. The van der Waals surface area contributed by atoms with Gasteiger partial charge in [0, 0.05) is 12.1 Å². The highest BCUT2D eigenvalue weighted by atomic mass is 15.1. The Labute approximate surface area is 132 Å². The fourth-order valence-electron chi connectivity index (χ4n) is 4.14. The molecule has 1 N–H and O–H groups in total. The minimum atomic E-state index is 0.705. The molecule has 1 unspecified atom stereocenters. The van der Waals surface area contributed by atoms with Crippen molar-refractivity contribution in [1.29, 1.82) is 0 Å². The SMILES string of the molecule is CCCN1CCC(NC(C)C2CCN(CCC)CC2)CC1. The van der Waals surface area contributed by atoms with Crippen LogP contribution in [0.5, 0.6) is 0 Å². The van der Waals surface area contributed by atoms with Crippen molar-refractivity contribution in [2.45, 2.75) is 71.4 Å². The summed E-state index contributed by atoms with van der Waals surface area (Å²) in [5, 5.41) is 3.95. The third-order valence-corrected chi connectivity index (χ3v) is 5.51. The number of likely N-dealkylation sites (tertiary alicyclic amines) is 2. The smallest absolute Gasteiger partial charge is 0.00940 e. The van der Waals surface area contributed by atoms with E-state index < -0.39 is 0 Å². The minimum Gasteiger partial charge on any atom is -0.311 e. The van der Waals surface area contributed by atoms with Crippen LogP contribution in [0.15, 0.2) is 0 Å². The van der Waals surface area contributed by atoms with E-state index in [9.17, 15) is 0 Å². The molecule has 0 bridgehead atoms. The van der Waals surface area contributed by atoms with Crippen molar-refractivity contribution >= 4 is 0 Å². The molecule has 2 aliphatic rings. The van der Waals surface area contributed by atoms with Gasteiger partial charge in [-0.1, -0.05) is 13.8 Å². The van der Waals surface area contributed by atoms with Crippen molar-refractivity contribution in [3.05, 3.63) is 0 Å². The molecule has 0 spiro atoms. The molecule has 0 amide bonds. The van der Waals surface area contributed by atoms with Crippen LogP contribution in [0.3, 0.4) is 0 Å². The average Bonchev–Trinajstić information content (AvgIpc) is 2.50. The van der Waals surface area contributed by atoms with E-state index in [0.717, 1.165) is 12.0 Å². The lowest BCUT2D eigenvalue weighted by Crippen LogP contribution is -2.49. The lowest BCUT2D eigenvalue weighted by Gasteiger charge is -2.38. The molecule has 1 atom stereocenters. The van der Waals surface area contributed by atoms with Gasteiger partial charge in [-0.15, -0.1) is 0 Å². The van der Waals surface area contributed by atoms with E-state index in [1.165, 1.54) is 77.8 Å². The van der Waals surface area contributed by atoms with Gasteiger partial charge in [-0.3, -0.25) is 0 Å². The van der Waals surface area contributed by atoms with Crippen molar-refractivity contribution in [2.75, 3.05) is 39.3 Å². The number of hydrogen-bond acceptors (Lipinski definition) is 3. The van der Waals surface area contributed by atoms with Gasteiger partial charge in [-0.2, -0.15) is 0 Å². The summed E-state index contributed by atoms with van der Waals surface area (Å²) < 4.78 is 0. The molecular formula is C18H37N3. The number of piperidine rings is 2. The standard InChI is InChI=1S/C18H37N3/c1-4-10-20-12-6-17(7-13-20)16(3)19-18-8-14-21(11-5-2)15-9-18/h16-19H,4-15H2,1-3H3. The van der Waals surface area contributed by atoms with Crippen LogP contribution in [-0.4, -0.2) is 61.2 Å². The fourth-order valence-corrected chi connectivity index (χ4v) is 4.14. The largest absolute Gasteiger partial charge is 0.311 e. The molecule has 124 valence electrons. The summed E-state index contributed by atoms with van der Waals surface area (Å²) in [5.41, 5.74) is 0. The second-order valence-corrected chi connectivity index (χ2v) is 7.25. The molecule has 3 nitrogen and oxygen atoms in total. The topological polar surface area (TPSA) is 18.5 Å². The Balaban J connectivity index is 1.65. The number of nitrogens with zero attached hydrogens (tertiary/aromatic N) is 2. The molecule has 0 radical (unpaired) electrons. The van der Waals surface area contributed by atoms with Gasteiger partial charge in [0.2, 0.25) is 0 Å². The van der Waals surface area contributed by atoms with Gasteiger partial charge in [-0.25, -0.2) is 0 Å². The maximum absolute atomic E-state index is 3.95. The second kappa shape index (κ2) is 9.12. The summed E-state index contributed by atoms with van der Waals surface area (Å²) in [6, 6.07) is 1.47. The molecule has 2 saturated heterocycles. The first kappa shape index (κ1) is 17.2. The number of rotatable bonds is 7. The molecule has 21 heavy (non-hydrogen) atoms. The van der Waals surface area contributed by atoms with Crippen LogP contribution in [-0.2, 0) is 0 Å². The predicted molar refractivity (Wildman–Crippen MR) is 91.8 cm³/mol. The van der Waals surface area contributed by atoms with Gasteiger partial charge >= 0.3 is 0 Å². The van der Waals surface area contributed by atoms with E-state index in [2.05, 4.69) is 35.9 Å². The van der Waals surface area contributed by atoms with E-state index in [0.29, 0.717) is 6.04 Å². The van der Waals surface area contributed by atoms with Crippen molar-refractivity contribution < 1.29 is 0 Å². The molecule has 2 fully saturated rings. The summed E-state index contributed by atoms with van der Waals surface area (Å²) >= 11 is 0. The third kappa shape index (κ3) is 5.54. The van der Waals surface area contributed by atoms with Crippen LogP contribution in [0.4, 0.5) is 0 Å². The summed E-state index contributed by atoms with van der Waals surface area (Å²) in [6.45, 7) is 14.8. The Kier molecular flexibility index (Phi) is 7.48. The van der Waals surface area contributed by atoms with Crippen LogP contribution >= 0.6 is 0 Å². The predicted octanol–water partition coefficient (Wildman–Crippen LogP) is 2.96. The zero-order valence-electron chi connectivity index (χ0n) is 14.6. The van der Waals surface area contributed by atoms with Gasteiger partial charge in [0.1, 0.15) is 0 Å². The Morgan fingerprint density at radius 3 is 1.81 bits per heavy atom. The minimum absolute atomic E-state index is 0.705. The van der Waals surface area contributed by atoms with Crippen LogP contribution in [0, 0.1) is 5.92 Å². The van der Waals surface area contributed by atoms with E-state index in [4.69, 9.17) is 0 Å². The number of hydrogen-bond donors (Lipinski definition) is 1. The van der Waals surface area contributed by atoms with E-state index in [1.54, 1.807) is 0 Å². The van der Waals surface area contributed by atoms with E-state index in [-0.39, 0.29) is 0 Å². The first-order valence-corrected chi connectivity index (χ1v) is 9.43. The van der Waals surface area contributed by atoms with Crippen molar-refractivity contribution in [1.82, 2.24) is 15.1 Å². The van der Waals surface area contributed by atoms with Crippen molar-refractivity contribution in [2.24, 2.45) is 5.92 Å². The average molecular weight is 296 g/mol. The summed E-state index contributed by atoms with van der Waals surface area (Å²) in [6.07, 6.45) is 8.07. The van der Waals surface area contributed by atoms with Crippen LogP contribution in [0.25, 0.3) is 0 Å². The van der Waals surface area contributed by atoms with Crippen LogP contribution in [0.2, 0.25) is 0 Å². The van der Waals surface area contributed by atoms with Gasteiger partial charge in [0.05, 0.1) is 0 Å². The quantitative estimate of drug-likeness (QED) is 0.779. The lowest BCUT2D eigenvalue weighted by molar-refractivity contribution is 0.143. The maximum Gasteiger partial charge on any atom is 0.00940 e. The summed E-state index contributed by atoms with van der Waals surface area (Å²) in [4.78, 5) is 5.28. The molecule has 2 rings (SSSR count). The van der Waals surface area contributed by atoms with Gasteiger partial charge < -0.3 is 15.1 Å². The highest BCUT2D eigenvalue weighted by Crippen LogP contribution is 2.22. The summed E-state index contributed by atoms with van der Waals surface area (Å²) in [5.74, 6) is 0.895. The van der Waals surface area contributed by atoms with Gasteiger partial charge in [-0.05, 0) is 90.6 Å². The van der Waals surface area contributed by atoms with Crippen molar-refractivity contribution in [3.63, 3.8) is 0 Å². The zero-order chi connectivity index (χ0) is 15.1. The zero-order valence-corrected chi connectivity index (χ0v) is 14.6. The molecule has 0 aromatic rings. The third-order valence-electron chi connectivity index (χ3n) is 5.51. The first-order valence-electron chi connectivity index (χ1n) is 9.43. The first-order chi connectivity index (χ1) is 10.2. The monoisotopic (exact) mass is 295 g/mol. The maximum atomic E-state index is 3.95. The molecular weight excluding hydrogens is 258 g/mol. The molecule has 0 aromatic heterocycles. The Hall–Kier alpha value is -0.120. The van der Waals surface area contributed by atoms with E-state index in [1.807, 2.05) is 0 Å². The van der Waals surface area contributed by atoms with Gasteiger partial charge in [0.15, 0.2) is 0 Å². The van der Waals surface area contributed by atoms with Crippen LogP contribution < -0.4 is 5.32 Å². The van der Waals surface area contributed by atoms with Crippen LogP contribution in [0.1, 0.15) is 59.3 Å². The second-order valence-electron chi connectivity index (χ2n) is 7.25. The van der Waals surface area contributed by atoms with Crippen molar-refractivity contribution in [3.8, 4) is 0 Å². The summed E-state index contributed by atoms with van der Waals surface area (Å²) in [7, 11) is 0. The Morgan fingerprint density at radius 2 is 1.33 bits per heavy atom. The molecule has 3 heteroatoms. The molecule has 0 aliphatic carbocycles. The highest BCUT2D eigenvalue weighted by molar-refractivity contribution is 4.84. The molecule has 2 heterocycles. The Morgan fingerprint density at radius 1 is 0.857 bits per heavy atom. The van der Waals surface area contributed by atoms with E-state index >= 15 is 0 Å².